The average Bonchev–Trinajstić information content (AvgIpc) is 3.27. The summed E-state index contributed by atoms with van der Waals surface area (Å²) in [5, 5.41) is 3.45. The molecule has 0 spiro atoms. The minimum absolute atomic E-state index is 0. The zero-order chi connectivity index (χ0) is 21.2. The SMILES string of the molecule is COCCN=C(NCCc1ccco1)N1CCN(Cc2ccc(OC)c(F)c2)CC1.I. The molecule has 1 aliphatic rings. The van der Waals surface area contributed by atoms with Crippen molar-refractivity contribution in [1.82, 2.24) is 15.1 Å². The minimum atomic E-state index is -0.318. The Hall–Kier alpha value is -1.85. The zero-order valence-electron chi connectivity index (χ0n) is 18.2. The summed E-state index contributed by atoms with van der Waals surface area (Å²) in [5.74, 6) is 1.81. The second-order valence-corrected chi connectivity index (χ2v) is 7.19. The number of furan rings is 1. The number of hydrogen-bond acceptors (Lipinski definition) is 5. The number of methoxy groups -OCH3 is 2. The van der Waals surface area contributed by atoms with E-state index >= 15 is 0 Å². The summed E-state index contributed by atoms with van der Waals surface area (Å²) >= 11 is 0. The Morgan fingerprint density at radius 3 is 2.65 bits per heavy atom. The number of nitrogens with zero attached hydrogens (tertiary/aromatic N) is 3. The second-order valence-electron chi connectivity index (χ2n) is 7.19. The minimum Gasteiger partial charge on any atom is -0.494 e. The van der Waals surface area contributed by atoms with Gasteiger partial charge in [-0.3, -0.25) is 9.89 Å². The van der Waals surface area contributed by atoms with Gasteiger partial charge in [0.1, 0.15) is 5.76 Å². The van der Waals surface area contributed by atoms with Crippen LogP contribution >= 0.6 is 24.0 Å². The Morgan fingerprint density at radius 1 is 1.19 bits per heavy atom. The molecule has 0 bridgehead atoms. The molecule has 31 heavy (non-hydrogen) atoms. The number of nitrogens with one attached hydrogen (secondary N) is 1. The van der Waals surface area contributed by atoms with Gasteiger partial charge in [0.25, 0.3) is 0 Å². The topological polar surface area (TPSA) is 62.5 Å². The molecule has 2 aromatic rings. The third-order valence-electron chi connectivity index (χ3n) is 5.09. The van der Waals surface area contributed by atoms with Crippen molar-refractivity contribution in [1.29, 1.82) is 0 Å². The van der Waals surface area contributed by atoms with Crippen molar-refractivity contribution in [2.75, 3.05) is 60.1 Å². The average molecular weight is 546 g/mol. The molecule has 0 amide bonds. The summed E-state index contributed by atoms with van der Waals surface area (Å²) < 4.78 is 29.5. The Balaban J connectivity index is 0.00000341. The standard InChI is InChI=1S/C22H31FN4O3.HI/c1-28-15-9-25-22(24-8-7-19-4-3-14-30-19)27-12-10-26(11-13-27)17-18-5-6-21(29-2)20(23)16-18;/h3-6,14,16H,7-13,15,17H2,1-2H3,(H,24,25);1H. The van der Waals surface area contributed by atoms with Crippen molar-refractivity contribution >= 4 is 29.9 Å². The molecule has 1 aliphatic heterocycles. The molecule has 1 saturated heterocycles. The molecule has 0 saturated carbocycles. The van der Waals surface area contributed by atoms with Crippen molar-refractivity contribution in [2.45, 2.75) is 13.0 Å². The molecule has 172 valence electrons. The van der Waals surface area contributed by atoms with E-state index in [1.165, 1.54) is 7.11 Å². The van der Waals surface area contributed by atoms with Crippen molar-refractivity contribution < 1.29 is 18.3 Å². The maximum Gasteiger partial charge on any atom is 0.194 e. The van der Waals surface area contributed by atoms with Gasteiger partial charge in [-0.05, 0) is 29.8 Å². The highest BCUT2D eigenvalue weighted by Gasteiger charge is 2.20. The molecule has 2 heterocycles. The number of piperazine rings is 1. The van der Waals surface area contributed by atoms with Crippen LogP contribution in [0.25, 0.3) is 0 Å². The molecule has 1 fully saturated rings. The first-order valence-electron chi connectivity index (χ1n) is 10.3. The summed E-state index contributed by atoms with van der Waals surface area (Å²) in [6.07, 6.45) is 2.50. The third-order valence-corrected chi connectivity index (χ3v) is 5.09. The van der Waals surface area contributed by atoms with Gasteiger partial charge < -0.3 is 24.1 Å². The normalized spacial score (nSPS) is 14.9. The molecule has 1 aromatic heterocycles. The van der Waals surface area contributed by atoms with Gasteiger partial charge in [0.2, 0.25) is 0 Å². The van der Waals surface area contributed by atoms with E-state index < -0.39 is 0 Å². The highest BCUT2D eigenvalue weighted by molar-refractivity contribution is 14.0. The molecule has 0 atom stereocenters. The molecular weight excluding hydrogens is 514 g/mol. The smallest absolute Gasteiger partial charge is 0.194 e. The third kappa shape index (κ3) is 7.97. The zero-order valence-corrected chi connectivity index (χ0v) is 20.5. The van der Waals surface area contributed by atoms with E-state index in [9.17, 15) is 4.39 Å². The number of halogens is 2. The second kappa shape index (κ2) is 13.5. The largest absolute Gasteiger partial charge is 0.494 e. The van der Waals surface area contributed by atoms with Crippen molar-refractivity contribution in [2.24, 2.45) is 4.99 Å². The van der Waals surface area contributed by atoms with E-state index in [0.29, 0.717) is 13.2 Å². The van der Waals surface area contributed by atoms with Gasteiger partial charge in [-0.15, -0.1) is 24.0 Å². The molecule has 1 aromatic carbocycles. The summed E-state index contributed by atoms with van der Waals surface area (Å²) in [6, 6.07) is 9.03. The van der Waals surface area contributed by atoms with E-state index in [-0.39, 0.29) is 35.5 Å². The van der Waals surface area contributed by atoms with Crippen LogP contribution in [0.1, 0.15) is 11.3 Å². The molecule has 7 nitrogen and oxygen atoms in total. The lowest BCUT2D eigenvalue weighted by Crippen LogP contribution is -2.52. The lowest BCUT2D eigenvalue weighted by atomic mass is 10.2. The Bertz CT molecular complexity index is 796. The number of rotatable bonds is 9. The number of benzene rings is 1. The van der Waals surface area contributed by atoms with Crippen LogP contribution in [0.2, 0.25) is 0 Å². The molecule has 0 unspecified atom stereocenters. The van der Waals surface area contributed by atoms with Gasteiger partial charge in [-0.25, -0.2) is 4.39 Å². The lowest BCUT2D eigenvalue weighted by Gasteiger charge is -2.36. The van der Waals surface area contributed by atoms with Gasteiger partial charge in [-0.1, -0.05) is 6.07 Å². The van der Waals surface area contributed by atoms with Gasteiger partial charge in [0.05, 0.1) is 26.5 Å². The number of aliphatic imine (C=N–C) groups is 1. The molecule has 0 aliphatic carbocycles. The van der Waals surface area contributed by atoms with Crippen LogP contribution in [0.4, 0.5) is 4.39 Å². The van der Waals surface area contributed by atoms with Gasteiger partial charge >= 0.3 is 0 Å². The van der Waals surface area contributed by atoms with Gasteiger partial charge in [0, 0.05) is 52.8 Å². The monoisotopic (exact) mass is 546 g/mol. The molecule has 0 radical (unpaired) electrons. The maximum atomic E-state index is 13.9. The lowest BCUT2D eigenvalue weighted by molar-refractivity contribution is 0.171. The van der Waals surface area contributed by atoms with Crippen LogP contribution in [0, 0.1) is 5.82 Å². The summed E-state index contributed by atoms with van der Waals surface area (Å²) in [6.45, 7) is 6.17. The van der Waals surface area contributed by atoms with Crippen molar-refractivity contribution in [3.8, 4) is 5.75 Å². The van der Waals surface area contributed by atoms with Gasteiger partial charge in [-0.2, -0.15) is 0 Å². The van der Waals surface area contributed by atoms with Crippen LogP contribution in [0.5, 0.6) is 5.75 Å². The summed E-state index contributed by atoms with van der Waals surface area (Å²) in [4.78, 5) is 9.28. The maximum absolute atomic E-state index is 13.9. The fourth-order valence-corrected chi connectivity index (χ4v) is 3.45. The molecular formula is C22H32FIN4O3. The van der Waals surface area contributed by atoms with E-state index in [4.69, 9.17) is 13.9 Å². The van der Waals surface area contributed by atoms with Crippen molar-refractivity contribution in [3.63, 3.8) is 0 Å². The van der Waals surface area contributed by atoms with Crippen LogP contribution in [0.3, 0.4) is 0 Å². The predicted octanol–water partition coefficient (Wildman–Crippen LogP) is 3.00. The van der Waals surface area contributed by atoms with Crippen LogP contribution in [-0.4, -0.2) is 75.9 Å². The van der Waals surface area contributed by atoms with E-state index in [2.05, 4.69) is 20.1 Å². The quantitative estimate of drug-likeness (QED) is 0.226. The van der Waals surface area contributed by atoms with E-state index in [1.807, 2.05) is 18.2 Å². The fraction of sp³-hybridized carbons (Fsp3) is 0.500. The Labute approximate surface area is 200 Å². The summed E-state index contributed by atoms with van der Waals surface area (Å²) in [5.41, 5.74) is 0.951. The summed E-state index contributed by atoms with van der Waals surface area (Å²) in [7, 11) is 3.16. The highest BCUT2D eigenvalue weighted by atomic mass is 127. The molecule has 9 heteroatoms. The first kappa shape index (κ1) is 25.4. The Kier molecular flexibility index (Phi) is 11.1. The van der Waals surface area contributed by atoms with Crippen LogP contribution < -0.4 is 10.1 Å². The van der Waals surface area contributed by atoms with Crippen LogP contribution in [0.15, 0.2) is 46.0 Å². The van der Waals surface area contributed by atoms with E-state index in [1.54, 1.807) is 25.5 Å². The first-order valence-corrected chi connectivity index (χ1v) is 10.3. The Morgan fingerprint density at radius 2 is 2.00 bits per heavy atom. The van der Waals surface area contributed by atoms with E-state index in [0.717, 1.165) is 63.0 Å². The fourth-order valence-electron chi connectivity index (χ4n) is 3.45. The number of ether oxygens (including phenoxy) is 2. The first-order chi connectivity index (χ1) is 14.7. The number of guanidine groups is 1. The highest BCUT2D eigenvalue weighted by Crippen LogP contribution is 2.19. The van der Waals surface area contributed by atoms with Gasteiger partial charge in [0.15, 0.2) is 17.5 Å². The number of hydrogen-bond donors (Lipinski definition) is 1. The molecule has 3 rings (SSSR count). The van der Waals surface area contributed by atoms with Crippen molar-refractivity contribution in [3.05, 3.63) is 53.7 Å². The molecule has 1 N–H and O–H groups in total. The van der Waals surface area contributed by atoms with Crippen LogP contribution in [-0.2, 0) is 17.7 Å². The predicted molar refractivity (Wildman–Crippen MR) is 130 cm³/mol.